The molecule has 5 N–H and O–H groups in total. The maximum atomic E-state index is 12.1. The second-order valence-electron chi connectivity index (χ2n) is 5.83. The summed E-state index contributed by atoms with van der Waals surface area (Å²) in [7, 11) is 0. The predicted molar refractivity (Wildman–Crippen MR) is 105 cm³/mol. The van der Waals surface area contributed by atoms with Gasteiger partial charge in [-0.1, -0.05) is 23.7 Å². The Labute approximate surface area is 169 Å². The number of thiophene rings is 1. The SMILES string of the molecule is NC(=O)c1cc(Oc2cccc(CCNC(=O)c3csc(Cl)c3O)c2)cc[nH+]1. The predicted octanol–water partition coefficient (Wildman–Crippen LogP) is 2.78. The van der Waals surface area contributed by atoms with Gasteiger partial charge in [-0.3, -0.25) is 9.59 Å². The van der Waals surface area contributed by atoms with Crippen molar-refractivity contribution in [3.8, 4) is 17.2 Å². The van der Waals surface area contributed by atoms with Crippen LogP contribution in [0.5, 0.6) is 17.2 Å². The van der Waals surface area contributed by atoms with E-state index in [1.54, 1.807) is 18.3 Å². The monoisotopic (exact) mass is 418 g/mol. The third kappa shape index (κ3) is 4.79. The van der Waals surface area contributed by atoms with Gasteiger partial charge in [0, 0.05) is 18.0 Å². The molecule has 0 saturated carbocycles. The Kier molecular flexibility index (Phi) is 6.13. The molecule has 0 aliphatic carbocycles. The minimum absolute atomic E-state index is 0.165. The summed E-state index contributed by atoms with van der Waals surface area (Å²) in [5, 5.41) is 14.0. The lowest BCUT2D eigenvalue weighted by Crippen LogP contribution is -2.25. The summed E-state index contributed by atoms with van der Waals surface area (Å²) in [6.45, 7) is 0.376. The van der Waals surface area contributed by atoms with Gasteiger partial charge < -0.3 is 20.9 Å². The molecule has 0 fully saturated rings. The average molecular weight is 419 g/mol. The number of H-pyrrole nitrogens is 1. The van der Waals surface area contributed by atoms with E-state index < -0.39 is 5.91 Å². The number of hydrogen-bond acceptors (Lipinski definition) is 5. The molecule has 0 aliphatic heterocycles. The van der Waals surface area contributed by atoms with Crippen LogP contribution in [0.2, 0.25) is 4.34 Å². The van der Waals surface area contributed by atoms with Gasteiger partial charge in [-0.25, -0.2) is 4.98 Å². The van der Waals surface area contributed by atoms with Crippen LogP contribution in [0.15, 0.2) is 48.0 Å². The van der Waals surface area contributed by atoms with Crippen LogP contribution in [0.4, 0.5) is 0 Å². The molecular formula is C19H17ClN3O4S+. The molecule has 0 saturated heterocycles. The van der Waals surface area contributed by atoms with Crippen LogP contribution >= 0.6 is 22.9 Å². The molecule has 0 spiro atoms. The van der Waals surface area contributed by atoms with Crippen molar-refractivity contribution in [2.75, 3.05) is 6.54 Å². The van der Waals surface area contributed by atoms with Crippen molar-refractivity contribution in [1.29, 1.82) is 0 Å². The molecule has 1 aromatic carbocycles. The van der Waals surface area contributed by atoms with E-state index in [0.717, 1.165) is 16.9 Å². The van der Waals surface area contributed by atoms with Crippen LogP contribution in [-0.2, 0) is 6.42 Å². The number of carbonyl (C=O) groups is 2. The number of halogens is 1. The number of ether oxygens (including phenoxy) is 1. The zero-order chi connectivity index (χ0) is 20.1. The maximum absolute atomic E-state index is 12.1. The summed E-state index contributed by atoms with van der Waals surface area (Å²) in [5.41, 5.74) is 6.61. The molecule has 0 radical (unpaired) electrons. The number of carbonyl (C=O) groups excluding carboxylic acids is 2. The number of aromatic hydroxyl groups is 1. The fourth-order valence-corrected chi connectivity index (χ4v) is 3.35. The van der Waals surface area contributed by atoms with Crippen molar-refractivity contribution >= 4 is 34.8 Å². The van der Waals surface area contributed by atoms with E-state index in [-0.39, 0.29) is 27.3 Å². The Morgan fingerprint density at radius 2 is 2.04 bits per heavy atom. The third-order valence-electron chi connectivity index (χ3n) is 3.84. The first kappa shape index (κ1) is 19.7. The molecular weight excluding hydrogens is 402 g/mol. The van der Waals surface area contributed by atoms with Gasteiger partial charge in [0.05, 0.1) is 11.6 Å². The molecule has 0 unspecified atom stereocenters. The fraction of sp³-hybridized carbons (Fsp3) is 0.105. The number of aromatic nitrogens is 1. The number of hydrogen-bond donors (Lipinski definition) is 3. The van der Waals surface area contributed by atoms with Crippen LogP contribution in [0.3, 0.4) is 0 Å². The maximum Gasteiger partial charge on any atom is 0.313 e. The Balaban J connectivity index is 1.59. The number of benzene rings is 1. The molecule has 7 nitrogen and oxygen atoms in total. The lowest BCUT2D eigenvalue weighted by Gasteiger charge is -2.08. The quantitative estimate of drug-likeness (QED) is 0.547. The van der Waals surface area contributed by atoms with Crippen LogP contribution in [0, 0.1) is 0 Å². The molecule has 144 valence electrons. The van der Waals surface area contributed by atoms with Crippen molar-refractivity contribution in [2.45, 2.75) is 6.42 Å². The molecule has 28 heavy (non-hydrogen) atoms. The Morgan fingerprint density at radius 1 is 1.25 bits per heavy atom. The van der Waals surface area contributed by atoms with Crippen LogP contribution in [-0.4, -0.2) is 23.5 Å². The van der Waals surface area contributed by atoms with Crippen molar-refractivity contribution in [2.24, 2.45) is 5.73 Å². The zero-order valence-electron chi connectivity index (χ0n) is 14.6. The second-order valence-corrected chi connectivity index (χ2v) is 7.31. The standard InChI is InChI=1S/C19H16ClN3O4S/c20-17-16(24)14(10-28-17)19(26)23-6-4-11-2-1-3-12(8-11)27-13-5-7-22-15(9-13)18(21)25/h1-3,5,7-10,24H,4,6H2,(H2,21,25)(H,23,26)/p+1. The molecule has 0 atom stereocenters. The highest BCUT2D eigenvalue weighted by Crippen LogP contribution is 2.33. The van der Waals surface area contributed by atoms with E-state index >= 15 is 0 Å². The van der Waals surface area contributed by atoms with E-state index in [2.05, 4.69) is 10.3 Å². The van der Waals surface area contributed by atoms with Gasteiger partial charge in [-0.2, -0.15) is 0 Å². The van der Waals surface area contributed by atoms with E-state index in [1.165, 1.54) is 11.4 Å². The first-order chi connectivity index (χ1) is 13.4. The van der Waals surface area contributed by atoms with Gasteiger partial charge in [-0.05, 0) is 24.1 Å². The van der Waals surface area contributed by atoms with Crippen LogP contribution < -0.4 is 20.8 Å². The Morgan fingerprint density at radius 3 is 2.75 bits per heavy atom. The van der Waals surface area contributed by atoms with Gasteiger partial charge in [0.25, 0.3) is 11.6 Å². The third-order valence-corrected chi connectivity index (χ3v) is 5.04. The number of nitrogens with two attached hydrogens (primary N) is 1. The largest absolute Gasteiger partial charge is 0.505 e. The normalized spacial score (nSPS) is 10.5. The van der Waals surface area contributed by atoms with E-state index in [9.17, 15) is 14.7 Å². The number of pyridine rings is 1. The summed E-state index contributed by atoms with van der Waals surface area (Å²) in [6, 6.07) is 10.6. The van der Waals surface area contributed by atoms with Gasteiger partial charge in [0.2, 0.25) is 0 Å². The average Bonchev–Trinajstić information content (AvgIpc) is 3.01. The Hall–Kier alpha value is -3.10. The lowest BCUT2D eigenvalue weighted by molar-refractivity contribution is -0.382. The summed E-state index contributed by atoms with van der Waals surface area (Å²) >= 11 is 6.86. The molecule has 2 amide bonds. The first-order valence-corrected chi connectivity index (χ1v) is 9.52. The highest BCUT2D eigenvalue weighted by molar-refractivity contribution is 7.15. The van der Waals surface area contributed by atoms with E-state index in [0.29, 0.717) is 24.5 Å². The summed E-state index contributed by atoms with van der Waals surface area (Å²) in [6.07, 6.45) is 2.14. The molecule has 2 heterocycles. The lowest BCUT2D eigenvalue weighted by atomic mass is 10.1. The smallest absolute Gasteiger partial charge is 0.313 e. The van der Waals surface area contributed by atoms with Gasteiger partial charge >= 0.3 is 5.91 Å². The van der Waals surface area contributed by atoms with Crippen LogP contribution in [0.25, 0.3) is 0 Å². The van der Waals surface area contributed by atoms with Crippen molar-refractivity contribution < 1.29 is 24.4 Å². The second kappa shape index (κ2) is 8.73. The van der Waals surface area contributed by atoms with Crippen LogP contribution in [0.1, 0.15) is 26.4 Å². The first-order valence-electron chi connectivity index (χ1n) is 8.26. The number of amides is 2. The molecule has 0 bridgehead atoms. The summed E-state index contributed by atoms with van der Waals surface area (Å²) in [4.78, 5) is 26.1. The van der Waals surface area contributed by atoms with E-state index in [4.69, 9.17) is 22.1 Å². The van der Waals surface area contributed by atoms with Gasteiger partial charge in [-0.15, -0.1) is 11.3 Å². The molecule has 9 heteroatoms. The number of primary amides is 1. The molecule has 2 aromatic heterocycles. The molecule has 3 aromatic rings. The Bertz CT molecular complexity index is 1020. The van der Waals surface area contributed by atoms with Crippen molar-refractivity contribution in [3.63, 3.8) is 0 Å². The minimum atomic E-state index is -0.576. The molecule has 3 rings (SSSR count). The molecule has 0 aliphatic rings. The fourth-order valence-electron chi connectivity index (χ4n) is 2.46. The summed E-state index contributed by atoms with van der Waals surface area (Å²) in [5.74, 6) is -0.0917. The number of aromatic amines is 1. The summed E-state index contributed by atoms with van der Waals surface area (Å²) < 4.78 is 5.95. The highest BCUT2D eigenvalue weighted by Gasteiger charge is 2.15. The van der Waals surface area contributed by atoms with Gasteiger partial charge in [0.15, 0.2) is 11.9 Å². The minimum Gasteiger partial charge on any atom is -0.505 e. The highest BCUT2D eigenvalue weighted by atomic mass is 35.5. The van der Waals surface area contributed by atoms with Gasteiger partial charge in [0.1, 0.15) is 15.8 Å². The van der Waals surface area contributed by atoms with Crippen molar-refractivity contribution in [1.82, 2.24) is 5.32 Å². The number of rotatable bonds is 7. The topological polar surface area (TPSA) is 116 Å². The van der Waals surface area contributed by atoms with E-state index in [1.807, 2.05) is 18.2 Å². The number of nitrogens with one attached hydrogen (secondary N) is 2. The van der Waals surface area contributed by atoms with Crippen molar-refractivity contribution in [3.05, 3.63) is 69.1 Å². The zero-order valence-corrected chi connectivity index (χ0v) is 16.1.